The maximum atomic E-state index is 12.6. The third-order valence-corrected chi connectivity index (χ3v) is 5.52. The second-order valence-electron chi connectivity index (χ2n) is 7.62. The van der Waals surface area contributed by atoms with Gasteiger partial charge in [-0.05, 0) is 49.9 Å². The standard InChI is InChI=1S/C20H31N3O2/c1-21-10-12-22(13-11-21)15-18-5-3-9-23(16-18)20(25)8-7-17-4-2-6-19(24)14-17/h2,4,6,14,18,24H,3,5,7-13,15-16H2,1H3. The van der Waals surface area contributed by atoms with Crippen molar-refractivity contribution in [3.63, 3.8) is 0 Å². The minimum absolute atomic E-state index is 0.256. The van der Waals surface area contributed by atoms with Gasteiger partial charge in [0.2, 0.25) is 5.91 Å². The SMILES string of the molecule is CN1CCN(CC2CCCN(C(=O)CCc3cccc(O)c3)C2)CC1. The van der Waals surface area contributed by atoms with Gasteiger partial charge in [0.25, 0.3) is 0 Å². The van der Waals surface area contributed by atoms with Crippen LogP contribution in [-0.2, 0) is 11.2 Å². The van der Waals surface area contributed by atoms with Gasteiger partial charge in [-0.25, -0.2) is 0 Å². The minimum Gasteiger partial charge on any atom is -0.508 e. The summed E-state index contributed by atoms with van der Waals surface area (Å²) in [6.07, 6.45) is 3.59. The lowest BCUT2D eigenvalue weighted by atomic mass is 9.96. The molecule has 1 N–H and O–H groups in total. The van der Waals surface area contributed by atoms with Crippen LogP contribution in [0.2, 0.25) is 0 Å². The van der Waals surface area contributed by atoms with E-state index in [2.05, 4.69) is 21.7 Å². The first-order valence-corrected chi connectivity index (χ1v) is 9.57. The fourth-order valence-corrected chi connectivity index (χ4v) is 3.96. The molecule has 2 aliphatic heterocycles. The van der Waals surface area contributed by atoms with Gasteiger partial charge in [0.05, 0.1) is 0 Å². The molecule has 1 aromatic carbocycles. The van der Waals surface area contributed by atoms with Crippen molar-refractivity contribution in [2.45, 2.75) is 25.7 Å². The van der Waals surface area contributed by atoms with Crippen LogP contribution < -0.4 is 0 Å². The number of carbonyl (C=O) groups is 1. The van der Waals surface area contributed by atoms with E-state index in [1.54, 1.807) is 12.1 Å². The van der Waals surface area contributed by atoms with Gasteiger partial charge < -0.3 is 19.8 Å². The monoisotopic (exact) mass is 345 g/mol. The lowest BCUT2D eigenvalue weighted by Gasteiger charge is -2.38. The van der Waals surface area contributed by atoms with Crippen molar-refractivity contribution < 1.29 is 9.90 Å². The Labute approximate surface area is 151 Å². The largest absolute Gasteiger partial charge is 0.508 e. The summed E-state index contributed by atoms with van der Waals surface area (Å²) in [7, 11) is 2.19. The number of amides is 1. The Bertz CT molecular complexity index is 570. The normalized spacial score (nSPS) is 22.9. The Kier molecular flexibility index (Phi) is 6.32. The zero-order chi connectivity index (χ0) is 17.6. The van der Waals surface area contributed by atoms with E-state index in [4.69, 9.17) is 0 Å². The van der Waals surface area contributed by atoms with Crippen LogP contribution >= 0.6 is 0 Å². The van der Waals surface area contributed by atoms with E-state index in [0.29, 0.717) is 18.8 Å². The van der Waals surface area contributed by atoms with E-state index < -0.39 is 0 Å². The molecule has 1 amide bonds. The molecule has 2 aliphatic rings. The fourth-order valence-electron chi connectivity index (χ4n) is 3.96. The highest BCUT2D eigenvalue weighted by Crippen LogP contribution is 2.20. The van der Waals surface area contributed by atoms with Crippen molar-refractivity contribution in [1.82, 2.24) is 14.7 Å². The van der Waals surface area contributed by atoms with Crippen molar-refractivity contribution in [3.05, 3.63) is 29.8 Å². The van der Waals surface area contributed by atoms with Crippen LogP contribution in [0.3, 0.4) is 0 Å². The van der Waals surface area contributed by atoms with Gasteiger partial charge in [-0.3, -0.25) is 4.79 Å². The summed E-state index contributed by atoms with van der Waals surface area (Å²) in [5.41, 5.74) is 1.03. The molecule has 2 fully saturated rings. The molecule has 1 unspecified atom stereocenters. The summed E-state index contributed by atoms with van der Waals surface area (Å²) in [4.78, 5) is 19.6. The first kappa shape index (κ1) is 18.2. The molecule has 2 saturated heterocycles. The first-order valence-electron chi connectivity index (χ1n) is 9.57. The summed E-state index contributed by atoms with van der Waals surface area (Å²) in [6, 6.07) is 7.22. The molecule has 3 rings (SSSR count). The highest BCUT2D eigenvalue weighted by Gasteiger charge is 2.26. The number of benzene rings is 1. The number of carbonyl (C=O) groups excluding carboxylic acids is 1. The Balaban J connectivity index is 1.44. The molecule has 1 aromatic rings. The van der Waals surface area contributed by atoms with E-state index in [9.17, 15) is 9.90 Å². The molecule has 5 heteroatoms. The topological polar surface area (TPSA) is 47.0 Å². The summed E-state index contributed by atoms with van der Waals surface area (Å²) in [5, 5.41) is 9.53. The van der Waals surface area contributed by atoms with Gasteiger partial charge in [0, 0.05) is 52.2 Å². The predicted octanol–water partition coefficient (Wildman–Crippen LogP) is 1.81. The van der Waals surface area contributed by atoms with E-state index >= 15 is 0 Å². The number of rotatable bonds is 5. The van der Waals surface area contributed by atoms with E-state index in [1.165, 1.54) is 6.42 Å². The average molecular weight is 345 g/mol. The number of piperidine rings is 1. The molecule has 1 atom stereocenters. The maximum Gasteiger partial charge on any atom is 0.222 e. The maximum absolute atomic E-state index is 12.6. The van der Waals surface area contributed by atoms with E-state index in [-0.39, 0.29) is 11.7 Å². The minimum atomic E-state index is 0.256. The lowest BCUT2D eigenvalue weighted by Crippen LogP contribution is -2.49. The summed E-state index contributed by atoms with van der Waals surface area (Å²) in [5.74, 6) is 1.14. The number of hydrogen-bond donors (Lipinski definition) is 1. The van der Waals surface area contributed by atoms with Crippen LogP contribution in [-0.4, -0.2) is 78.6 Å². The van der Waals surface area contributed by atoms with Gasteiger partial charge in [0.1, 0.15) is 5.75 Å². The van der Waals surface area contributed by atoms with Crippen molar-refractivity contribution in [2.75, 3.05) is 52.9 Å². The molecule has 138 valence electrons. The average Bonchev–Trinajstić information content (AvgIpc) is 2.62. The molecule has 0 aromatic heterocycles. The van der Waals surface area contributed by atoms with Crippen LogP contribution in [0.15, 0.2) is 24.3 Å². The number of phenolic OH excluding ortho intramolecular Hbond substituents is 1. The number of likely N-dealkylation sites (tertiary alicyclic amines) is 1. The fraction of sp³-hybridized carbons (Fsp3) is 0.650. The predicted molar refractivity (Wildman–Crippen MR) is 99.7 cm³/mol. The second kappa shape index (κ2) is 8.68. The molecule has 0 aliphatic carbocycles. The summed E-state index contributed by atoms with van der Waals surface area (Å²) in [6.45, 7) is 7.54. The van der Waals surface area contributed by atoms with Gasteiger partial charge in [-0.1, -0.05) is 12.1 Å². The Morgan fingerprint density at radius 3 is 2.76 bits per heavy atom. The lowest BCUT2D eigenvalue weighted by molar-refractivity contribution is -0.133. The van der Waals surface area contributed by atoms with Gasteiger partial charge in [-0.2, -0.15) is 0 Å². The molecule has 0 radical (unpaired) electrons. The molecule has 5 nitrogen and oxygen atoms in total. The smallest absolute Gasteiger partial charge is 0.222 e. The Morgan fingerprint density at radius 2 is 2.00 bits per heavy atom. The Morgan fingerprint density at radius 1 is 1.20 bits per heavy atom. The quantitative estimate of drug-likeness (QED) is 0.884. The number of aryl methyl sites for hydroxylation is 1. The Hall–Kier alpha value is -1.59. The van der Waals surface area contributed by atoms with Gasteiger partial charge in [0.15, 0.2) is 0 Å². The van der Waals surface area contributed by atoms with Crippen LogP contribution in [0.5, 0.6) is 5.75 Å². The number of hydrogen-bond acceptors (Lipinski definition) is 4. The first-order chi connectivity index (χ1) is 12.1. The van der Waals surface area contributed by atoms with Crippen molar-refractivity contribution >= 4 is 5.91 Å². The van der Waals surface area contributed by atoms with Crippen LogP contribution in [0, 0.1) is 5.92 Å². The summed E-state index contributed by atoms with van der Waals surface area (Å²) < 4.78 is 0. The molecule has 2 heterocycles. The summed E-state index contributed by atoms with van der Waals surface area (Å²) >= 11 is 0. The molecule has 0 bridgehead atoms. The van der Waals surface area contributed by atoms with Crippen LogP contribution in [0.25, 0.3) is 0 Å². The highest BCUT2D eigenvalue weighted by molar-refractivity contribution is 5.76. The molecular weight excluding hydrogens is 314 g/mol. The number of nitrogens with zero attached hydrogens (tertiary/aromatic N) is 3. The highest BCUT2D eigenvalue weighted by atomic mass is 16.3. The van der Waals surface area contributed by atoms with Crippen LogP contribution in [0.4, 0.5) is 0 Å². The second-order valence-corrected chi connectivity index (χ2v) is 7.62. The molecule has 0 saturated carbocycles. The van der Waals surface area contributed by atoms with Crippen LogP contribution in [0.1, 0.15) is 24.8 Å². The molecule has 0 spiro atoms. The number of piperazine rings is 1. The molecular formula is C20H31N3O2. The van der Waals surface area contributed by atoms with E-state index in [1.807, 2.05) is 12.1 Å². The van der Waals surface area contributed by atoms with Gasteiger partial charge in [-0.15, -0.1) is 0 Å². The van der Waals surface area contributed by atoms with E-state index in [0.717, 1.165) is 57.8 Å². The molecule has 25 heavy (non-hydrogen) atoms. The van der Waals surface area contributed by atoms with Crippen molar-refractivity contribution in [2.24, 2.45) is 5.92 Å². The third kappa shape index (κ3) is 5.44. The zero-order valence-electron chi connectivity index (χ0n) is 15.4. The third-order valence-electron chi connectivity index (χ3n) is 5.52. The van der Waals surface area contributed by atoms with Crippen molar-refractivity contribution in [3.8, 4) is 5.75 Å². The van der Waals surface area contributed by atoms with Gasteiger partial charge >= 0.3 is 0 Å². The zero-order valence-corrected chi connectivity index (χ0v) is 15.4. The van der Waals surface area contributed by atoms with Crippen molar-refractivity contribution in [1.29, 1.82) is 0 Å². The number of phenols is 1. The number of likely N-dealkylation sites (N-methyl/N-ethyl adjacent to an activating group) is 1. The number of aromatic hydroxyl groups is 1.